The fourth-order valence-corrected chi connectivity index (χ4v) is 3.25. The minimum Gasteiger partial charge on any atom is -0.342 e. The number of para-hydroxylation sites is 1. The molecular formula is C20H24N2S. The zero-order chi connectivity index (χ0) is 16.2. The van der Waals surface area contributed by atoms with Crippen LogP contribution in [0.25, 0.3) is 0 Å². The first kappa shape index (κ1) is 16.0. The van der Waals surface area contributed by atoms with Crippen molar-refractivity contribution >= 4 is 23.0 Å². The molecule has 0 radical (unpaired) electrons. The fraction of sp³-hybridized carbons (Fsp3) is 0.350. The minimum absolute atomic E-state index is 0.472. The van der Waals surface area contributed by atoms with Crippen molar-refractivity contribution in [2.45, 2.75) is 39.3 Å². The Balaban J connectivity index is 1.77. The van der Waals surface area contributed by atoms with E-state index in [2.05, 4.69) is 72.6 Å². The van der Waals surface area contributed by atoms with Crippen LogP contribution in [0.1, 0.15) is 30.9 Å². The summed E-state index contributed by atoms with van der Waals surface area (Å²) in [6.45, 7) is 5.26. The van der Waals surface area contributed by atoms with Crippen molar-refractivity contribution in [1.29, 1.82) is 0 Å². The molecule has 1 aliphatic carbocycles. The van der Waals surface area contributed by atoms with Crippen molar-refractivity contribution in [1.82, 2.24) is 4.90 Å². The summed E-state index contributed by atoms with van der Waals surface area (Å²) in [4.78, 5) is 2.34. The third-order valence-electron chi connectivity index (χ3n) is 4.64. The molecule has 1 aliphatic rings. The molecule has 0 aromatic heterocycles. The van der Waals surface area contributed by atoms with E-state index in [4.69, 9.17) is 12.2 Å². The second kappa shape index (κ2) is 7.14. The van der Waals surface area contributed by atoms with Gasteiger partial charge in [0.2, 0.25) is 0 Å². The zero-order valence-electron chi connectivity index (χ0n) is 13.8. The van der Waals surface area contributed by atoms with E-state index in [1.54, 1.807) is 0 Å². The van der Waals surface area contributed by atoms with Crippen molar-refractivity contribution in [3.63, 3.8) is 0 Å². The fourth-order valence-electron chi connectivity index (χ4n) is 2.91. The van der Waals surface area contributed by atoms with Crippen LogP contribution in [0, 0.1) is 12.8 Å². The summed E-state index contributed by atoms with van der Waals surface area (Å²) < 4.78 is 0. The molecular weight excluding hydrogens is 300 g/mol. The predicted molar refractivity (Wildman–Crippen MR) is 102 cm³/mol. The maximum atomic E-state index is 5.75. The highest BCUT2D eigenvalue weighted by Crippen LogP contribution is 2.36. The number of rotatable bonds is 5. The second-order valence-corrected chi connectivity index (χ2v) is 6.82. The van der Waals surface area contributed by atoms with Crippen LogP contribution >= 0.6 is 12.2 Å². The number of hydrogen-bond acceptors (Lipinski definition) is 1. The quantitative estimate of drug-likeness (QED) is 0.780. The highest BCUT2D eigenvalue weighted by molar-refractivity contribution is 7.80. The first-order chi connectivity index (χ1) is 11.1. The Kier molecular flexibility index (Phi) is 4.97. The van der Waals surface area contributed by atoms with Crippen LogP contribution in [0.2, 0.25) is 0 Å². The average Bonchev–Trinajstić information content (AvgIpc) is 3.40. The van der Waals surface area contributed by atoms with E-state index in [1.807, 2.05) is 6.07 Å². The van der Waals surface area contributed by atoms with Crippen molar-refractivity contribution in [3.05, 3.63) is 65.7 Å². The second-order valence-electron chi connectivity index (χ2n) is 6.44. The smallest absolute Gasteiger partial charge is 0.173 e. The Hall–Kier alpha value is -1.87. The lowest BCUT2D eigenvalue weighted by molar-refractivity contribution is 0.298. The molecule has 0 saturated heterocycles. The maximum Gasteiger partial charge on any atom is 0.173 e. The van der Waals surface area contributed by atoms with Crippen LogP contribution in [0.4, 0.5) is 5.69 Å². The molecule has 0 aliphatic heterocycles. The summed E-state index contributed by atoms with van der Waals surface area (Å²) >= 11 is 5.75. The van der Waals surface area contributed by atoms with Crippen LogP contribution in [0.15, 0.2) is 54.6 Å². The van der Waals surface area contributed by atoms with Crippen molar-refractivity contribution in [3.8, 4) is 0 Å². The summed E-state index contributed by atoms with van der Waals surface area (Å²) in [5, 5.41) is 4.27. The molecule has 2 nitrogen and oxygen atoms in total. The maximum absolute atomic E-state index is 5.75. The van der Waals surface area contributed by atoms with Gasteiger partial charge in [-0.15, -0.1) is 0 Å². The monoisotopic (exact) mass is 324 g/mol. The average molecular weight is 324 g/mol. The number of aryl methyl sites for hydroxylation is 1. The molecule has 1 N–H and O–H groups in total. The number of thiocarbonyl (C=S) groups is 1. The topological polar surface area (TPSA) is 15.3 Å². The highest BCUT2D eigenvalue weighted by Gasteiger charge is 2.33. The first-order valence-electron chi connectivity index (χ1n) is 8.32. The minimum atomic E-state index is 0.472. The van der Waals surface area contributed by atoms with E-state index < -0.39 is 0 Å². The molecule has 120 valence electrons. The van der Waals surface area contributed by atoms with Crippen molar-refractivity contribution in [2.24, 2.45) is 5.92 Å². The van der Waals surface area contributed by atoms with Gasteiger partial charge in [-0.1, -0.05) is 48.5 Å². The Bertz CT molecular complexity index is 664. The summed E-state index contributed by atoms with van der Waals surface area (Å²) in [5.74, 6) is 0.773. The molecule has 23 heavy (non-hydrogen) atoms. The summed E-state index contributed by atoms with van der Waals surface area (Å²) in [5.41, 5.74) is 3.61. The van der Waals surface area contributed by atoms with E-state index in [9.17, 15) is 0 Å². The number of benzene rings is 2. The lowest BCUT2D eigenvalue weighted by atomic mass is 10.1. The molecule has 2 aromatic rings. The summed E-state index contributed by atoms with van der Waals surface area (Å²) in [7, 11) is 0. The molecule has 0 spiro atoms. The molecule has 1 atom stereocenters. The van der Waals surface area contributed by atoms with E-state index >= 15 is 0 Å². The van der Waals surface area contributed by atoms with Crippen LogP contribution in [0.5, 0.6) is 0 Å². The highest BCUT2D eigenvalue weighted by atomic mass is 32.1. The van der Waals surface area contributed by atoms with Gasteiger partial charge in [0.15, 0.2) is 5.11 Å². The van der Waals surface area contributed by atoms with Gasteiger partial charge in [-0.25, -0.2) is 0 Å². The Labute approximate surface area is 144 Å². The van der Waals surface area contributed by atoms with E-state index in [0.29, 0.717) is 6.04 Å². The lowest BCUT2D eigenvalue weighted by Crippen LogP contribution is -2.42. The predicted octanol–water partition coefficient (Wildman–Crippen LogP) is 4.99. The van der Waals surface area contributed by atoms with Crippen LogP contribution in [-0.4, -0.2) is 16.1 Å². The summed E-state index contributed by atoms with van der Waals surface area (Å²) in [6, 6.07) is 19.3. The van der Waals surface area contributed by atoms with Gasteiger partial charge in [0, 0.05) is 18.3 Å². The molecule has 0 bridgehead atoms. The van der Waals surface area contributed by atoms with Gasteiger partial charge in [0.25, 0.3) is 0 Å². The van der Waals surface area contributed by atoms with Crippen molar-refractivity contribution in [2.75, 3.05) is 5.32 Å². The van der Waals surface area contributed by atoms with E-state index in [-0.39, 0.29) is 0 Å². The molecule has 0 heterocycles. The Morgan fingerprint density at radius 2 is 1.78 bits per heavy atom. The third kappa shape index (κ3) is 4.11. The standard InChI is InChI=1S/C20H24N2S/c1-15-8-6-7-11-19(15)21-20(23)22(16(2)18-12-13-18)14-17-9-4-3-5-10-17/h3-11,16,18H,12-14H2,1-2H3,(H,21,23). The Morgan fingerprint density at radius 1 is 1.13 bits per heavy atom. The normalized spacial score (nSPS) is 15.0. The molecule has 1 unspecified atom stereocenters. The third-order valence-corrected chi connectivity index (χ3v) is 4.98. The number of anilines is 1. The molecule has 3 rings (SSSR count). The van der Waals surface area contributed by atoms with Gasteiger partial charge < -0.3 is 10.2 Å². The SMILES string of the molecule is Cc1ccccc1NC(=S)N(Cc1ccccc1)C(C)C1CC1. The molecule has 3 heteroatoms. The van der Waals surface area contributed by atoms with Gasteiger partial charge in [-0.2, -0.15) is 0 Å². The van der Waals surface area contributed by atoms with Gasteiger partial charge in [0.1, 0.15) is 0 Å². The molecule has 1 saturated carbocycles. The number of hydrogen-bond donors (Lipinski definition) is 1. The largest absolute Gasteiger partial charge is 0.342 e. The van der Waals surface area contributed by atoms with E-state index in [0.717, 1.165) is 23.3 Å². The number of nitrogens with zero attached hydrogens (tertiary/aromatic N) is 1. The lowest BCUT2D eigenvalue weighted by Gasteiger charge is -2.32. The van der Waals surface area contributed by atoms with Crippen molar-refractivity contribution < 1.29 is 0 Å². The van der Waals surface area contributed by atoms with Crippen LogP contribution < -0.4 is 5.32 Å². The van der Waals surface area contributed by atoms with E-state index in [1.165, 1.54) is 24.0 Å². The first-order valence-corrected chi connectivity index (χ1v) is 8.73. The van der Waals surface area contributed by atoms with Gasteiger partial charge in [-0.05, 0) is 62.0 Å². The Morgan fingerprint density at radius 3 is 2.43 bits per heavy atom. The number of nitrogens with one attached hydrogen (secondary N) is 1. The molecule has 0 amide bonds. The van der Waals surface area contributed by atoms with Crippen LogP contribution in [0.3, 0.4) is 0 Å². The summed E-state index contributed by atoms with van der Waals surface area (Å²) in [6.07, 6.45) is 2.64. The van der Waals surface area contributed by atoms with Gasteiger partial charge >= 0.3 is 0 Å². The molecule has 1 fully saturated rings. The van der Waals surface area contributed by atoms with Gasteiger partial charge in [0.05, 0.1) is 0 Å². The zero-order valence-corrected chi connectivity index (χ0v) is 14.6. The van der Waals surface area contributed by atoms with Crippen LogP contribution in [-0.2, 0) is 6.54 Å². The molecule has 2 aromatic carbocycles. The van der Waals surface area contributed by atoms with Gasteiger partial charge in [-0.3, -0.25) is 0 Å².